The summed E-state index contributed by atoms with van der Waals surface area (Å²) in [5.74, 6) is -0.467. The number of benzene rings is 1. The third-order valence-electron chi connectivity index (χ3n) is 3.31. The lowest BCUT2D eigenvalue weighted by atomic mass is 10.1. The molecule has 0 atom stereocenters. The summed E-state index contributed by atoms with van der Waals surface area (Å²) in [6, 6.07) is 10.6. The van der Waals surface area contributed by atoms with Crippen molar-refractivity contribution in [1.82, 2.24) is 9.97 Å². The summed E-state index contributed by atoms with van der Waals surface area (Å²) in [7, 11) is 1.77. The van der Waals surface area contributed by atoms with E-state index in [1.807, 2.05) is 18.2 Å². The number of anilines is 2. The van der Waals surface area contributed by atoms with Crippen molar-refractivity contribution in [3.05, 3.63) is 64.7 Å². The first kappa shape index (κ1) is 13.8. The molecule has 2 heterocycles. The van der Waals surface area contributed by atoms with Crippen LogP contribution in [0.4, 0.5) is 11.4 Å². The fourth-order valence-corrected chi connectivity index (χ4v) is 2.24. The first-order valence-electron chi connectivity index (χ1n) is 6.74. The number of hydrogen-bond donors (Lipinski definition) is 3. The molecule has 1 aromatic carbocycles. The Kier molecular flexibility index (Phi) is 3.57. The predicted octanol–water partition coefficient (Wildman–Crippen LogP) is 2.22. The van der Waals surface area contributed by atoms with Crippen LogP contribution in [0.1, 0.15) is 10.4 Å². The Balaban J connectivity index is 2.02. The van der Waals surface area contributed by atoms with Crippen LogP contribution in [-0.2, 0) is 0 Å². The van der Waals surface area contributed by atoms with Crippen LogP contribution in [-0.4, -0.2) is 22.9 Å². The highest BCUT2D eigenvalue weighted by Crippen LogP contribution is 2.20. The van der Waals surface area contributed by atoms with Crippen LogP contribution in [0.15, 0.2) is 53.6 Å². The highest BCUT2D eigenvalue weighted by molar-refractivity contribution is 6.06. The lowest BCUT2D eigenvalue weighted by molar-refractivity contribution is 0.102. The fourth-order valence-electron chi connectivity index (χ4n) is 2.24. The molecule has 0 aliphatic heterocycles. The van der Waals surface area contributed by atoms with Gasteiger partial charge in [0.25, 0.3) is 11.5 Å². The smallest absolute Gasteiger partial charge is 0.261 e. The molecule has 110 valence electrons. The third kappa shape index (κ3) is 2.54. The molecule has 1 amide bonds. The number of aromatic amines is 1. The van der Waals surface area contributed by atoms with Gasteiger partial charge in [-0.3, -0.25) is 14.6 Å². The molecule has 0 radical (unpaired) electrons. The van der Waals surface area contributed by atoms with Crippen molar-refractivity contribution in [2.24, 2.45) is 0 Å². The van der Waals surface area contributed by atoms with Gasteiger partial charge < -0.3 is 15.6 Å². The number of pyridine rings is 2. The first-order chi connectivity index (χ1) is 10.7. The average Bonchev–Trinajstić information content (AvgIpc) is 2.54. The van der Waals surface area contributed by atoms with Gasteiger partial charge in [0.15, 0.2) is 0 Å². The molecule has 22 heavy (non-hydrogen) atoms. The number of aromatic nitrogens is 2. The van der Waals surface area contributed by atoms with Crippen molar-refractivity contribution in [1.29, 1.82) is 0 Å². The summed E-state index contributed by atoms with van der Waals surface area (Å²) in [5.41, 5.74) is 1.64. The molecule has 0 saturated heterocycles. The minimum atomic E-state index is -0.467. The molecule has 0 bridgehead atoms. The van der Waals surface area contributed by atoms with Gasteiger partial charge in [-0.05, 0) is 24.3 Å². The van der Waals surface area contributed by atoms with Crippen LogP contribution in [0.5, 0.6) is 0 Å². The molecule has 0 saturated carbocycles. The second-order valence-electron chi connectivity index (χ2n) is 4.73. The Morgan fingerprint density at radius 1 is 1.23 bits per heavy atom. The van der Waals surface area contributed by atoms with Gasteiger partial charge in [-0.15, -0.1) is 0 Å². The van der Waals surface area contributed by atoms with Crippen molar-refractivity contribution >= 4 is 28.2 Å². The average molecular weight is 294 g/mol. The summed E-state index contributed by atoms with van der Waals surface area (Å²) in [6.45, 7) is 0. The van der Waals surface area contributed by atoms with E-state index >= 15 is 0 Å². The zero-order valence-electron chi connectivity index (χ0n) is 11.9. The maximum absolute atomic E-state index is 12.3. The SMILES string of the molecule is CNc1cccc2cc(C(=O)Nc3cccnc3)c(=O)[nH]c12. The van der Waals surface area contributed by atoms with Gasteiger partial charge >= 0.3 is 0 Å². The van der Waals surface area contributed by atoms with Crippen molar-refractivity contribution in [3.63, 3.8) is 0 Å². The second kappa shape index (κ2) is 5.69. The van der Waals surface area contributed by atoms with Gasteiger partial charge in [-0.2, -0.15) is 0 Å². The number of H-pyrrole nitrogens is 1. The number of nitrogens with one attached hydrogen (secondary N) is 3. The quantitative estimate of drug-likeness (QED) is 0.691. The zero-order chi connectivity index (χ0) is 15.5. The van der Waals surface area contributed by atoms with Crippen molar-refractivity contribution in [2.45, 2.75) is 0 Å². The van der Waals surface area contributed by atoms with Gasteiger partial charge in [0.05, 0.1) is 23.1 Å². The maximum atomic E-state index is 12.3. The number of hydrogen-bond acceptors (Lipinski definition) is 4. The van der Waals surface area contributed by atoms with E-state index in [1.54, 1.807) is 31.4 Å². The molecule has 3 rings (SSSR count). The number of carbonyl (C=O) groups is 1. The van der Waals surface area contributed by atoms with E-state index in [0.29, 0.717) is 11.2 Å². The van der Waals surface area contributed by atoms with Crippen LogP contribution < -0.4 is 16.2 Å². The summed E-state index contributed by atoms with van der Waals surface area (Å²) in [5, 5.41) is 6.44. The molecular formula is C16H14N4O2. The van der Waals surface area contributed by atoms with Crippen LogP contribution >= 0.6 is 0 Å². The topological polar surface area (TPSA) is 86.9 Å². The molecule has 0 aliphatic rings. The highest BCUT2D eigenvalue weighted by atomic mass is 16.2. The number of rotatable bonds is 3. The molecule has 3 aromatic rings. The van der Waals surface area contributed by atoms with Gasteiger partial charge in [0, 0.05) is 18.6 Å². The summed E-state index contributed by atoms with van der Waals surface area (Å²) < 4.78 is 0. The molecule has 3 N–H and O–H groups in total. The van der Waals surface area contributed by atoms with Crippen LogP contribution in [0.2, 0.25) is 0 Å². The van der Waals surface area contributed by atoms with Crippen molar-refractivity contribution < 1.29 is 4.79 Å². The van der Waals surface area contributed by atoms with Gasteiger partial charge in [0.1, 0.15) is 5.56 Å². The lowest BCUT2D eigenvalue weighted by Crippen LogP contribution is -2.23. The molecule has 6 nitrogen and oxygen atoms in total. The van der Waals surface area contributed by atoms with Crippen molar-refractivity contribution in [2.75, 3.05) is 17.7 Å². The van der Waals surface area contributed by atoms with E-state index in [2.05, 4.69) is 20.6 Å². The van der Waals surface area contributed by atoms with Crippen molar-refractivity contribution in [3.8, 4) is 0 Å². The minimum Gasteiger partial charge on any atom is -0.386 e. The molecule has 6 heteroatoms. The monoisotopic (exact) mass is 294 g/mol. The van der Waals surface area contributed by atoms with E-state index in [1.165, 1.54) is 6.20 Å². The minimum absolute atomic E-state index is 0.0598. The Bertz CT molecular complexity index is 888. The summed E-state index contributed by atoms with van der Waals surface area (Å²) >= 11 is 0. The standard InChI is InChI=1S/C16H14N4O2/c1-17-13-6-2-4-10-8-12(16(22)20-14(10)13)15(21)19-11-5-3-7-18-9-11/h2-9,17H,1H3,(H,19,21)(H,20,22). The number of carbonyl (C=O) groups excluding carboxylic acids is 1. The Labute approximate surface area is 126 Å². The second-order valence-corrected chi connectivity index (χ2v) is 4.73. The van der Waals surface area contributed by atoms with Gasteiger partial charge in [-0.25, -0.2) is 0 Å². The third-order valence-corrected chi connectivity index (χ3v) is 3.31. The Morgan fingerprint density at radius 3 is 2.82 bits per heavy atom. The maximum Gasteiger partial charge on any atom is 0.261 e. The van der Waals surface area contributed by atoms with E-state index < -0.39 is 11.5 Å². The molecule has 0 fully saturated rings. The van der Waals surface area contributed by atoms with Crippen LogP contribution in [0, 0.1) is 0 Å². The van der Waals surface area contributed by atoms with E-state index in [-0.39, 0.29) is 5.56 Å². The van der Waals surface area contributed by atoms with Crippen LogP contribution in [0.25, 0.3) is 10.9 Å². The fraction of sp³-hybridized carbons (Fsp3) is 0.0625. The molecule has 0 unspecified atom stereocenters. The van der Waals surface area contributed by atoms with E-state index in [4.69, 9.17) is 0 Å². The number of fused-ring (bicyclic) bond motifs is 1. The lowest BCUT2D eigenvalue weighted by Gasteiger charge is -2.08. The normalized spacial score (nSPS) is 10.4. The number of para-hydroxylation sites is 1. The summed E-state index contributed by atoms with van der Waals surface area (Å²) in [4.78, 5) is 31.1. The number of nitrogens with zero attached hydrogens (tertiary/aromatic N) is 1. The van der Waals surface area contributed by atoms with Crippen LogP contribution in [0.3, 0.4) is 0 Å². The Hall–Kier alpha value is -3.15. The molecule has 0 aliphatic carbocycles. The molecule has 0 spiro atoms. The Morgan fingerprint density at radius 2 is 2.09 bits per heavy atom. The largest absolute Gasteiger partial charge is 0.386 e. The van der Waals surface area contributed by atoms with Gasteiger partial charge in [0.2, 0.25) is 0 Å². The number of amides is 1. The predicted molar refractivity (Wildman–Crippen MR) is 86.3 cm³/mol. The molecular weight excluding hydrogens is 280 g/mol. The van der Waals surface area contributed by atoms with E-state index in [9.17, 15) is 9.59 Å². The summed E-state index contributed by atoms with van der Waals surface area (Å²) in [6.07, 6.45) is 3.13. The first-order valence-corrected chi connectivity index (χ1v) is 6.74. The molecule has 2 aromatic heterocycles. The van der Waals surface area contributed by atoms with E-state index in [0.717, 1.165) is 11.1 Å². The zero-order valence-corrected chi connectivity index (χ0v) is 11.9. The highest BCUT2D eigenvalue weighted by Gasteiger charge is 2.13. The van der Waals surface area contributed by atoms with Gasteiger partial charge in [-0.1, -0.05) is 12.1 Å².